The second-order valence-electron chi connectivity index (χ2n) is 4.27. The molecule has 0 spiro atoms. The fourth-order valence-corrected chi connectivity index (χ4v) is 2.14. The summed E-state index contributed by atoms with van der Waals surface area (Å²) in [6.45, 7) is 0. The number of rotatable bonds is 3. The van der Waals surface area contributed by atoms with Crippen LogP contribution in [-0.4, -0.2) is 7.11 Å². The Hall–Kier alpha value is -2.11. The molecule has 2 aromatic carbocycles. The molecule has 0 aliphatic heterocycles. The van der Waals surface area contributed by atoms with Crippen molar-refractivity contribution < 1.29 is 26.7 Å². The predicted molar refractivity (Wildman–Crippen MR) is 68.4 cm³/mol. The predicted octanol–water partition coefficient (Wildman–Crippen LogP) is 5.32. The molecule has 0 aliphatic carbocycles. The van der Waals surface area contributed by atoms with Gasteiger partial charge in [-0.25, -0.2) is 8.78 Å². The van der Waals surface area contributed by atoms with E-state index in [1.165, 1.54) is 31.4 Å². The Labute approximate surface area is 118 Å². The molecule has 6 heteroatoms. The molecule has 2 aromatic rings. The monoisotopic (exact) mass is 302 g/mol. The molecular weight excluding hydrogens is 291 g/mol. The van der Waals surface area contributed by atoms with Crippen LogP contribution in [0.3, 0.4) is 0 Å². The van der Waals surface area contributed by atoms with Crippen LogP contribution in [0, 0.1) is 0 Å². The number of benzene rings is 2. The molecule has 0 heterocycles. The van der Waals surface area contributed by atoms with E-state index in [1.54, 1.807) is 0 Å². The first kappa shape index (κ1) is 15.3. The fraction of sp³-hybridized carbons (Fsp3) is 0.200. The lowest BCUT2D eigenvalue weighted by Crippen LogP contribution is -2.08. The van der Waals surface area contributed by atoms with Crippen molar-refractivity contribution >= 4 is 0 Å². The maximum atomic E-state index is 13.1. The lowest BCUT2D eigenvalue weighted by atomic mass is 9.94. The van der Waals surface area contributed by atoms with E-state index >= 15 is 0 Å². The van der Waals surface area contributed by atoms with E-state index in [4.69, 9.17) is 4.74 Å². The van der Waals surface area contributed by atoms with Crippen LogP contribution >= 0.6 is 0 Å². The molecular formula is C15H11F5O. The van der Waals surface area contributed by atoms with Gasteiger partial charge < -0.3 is 4.74 Å². The van der Waals surface area contributed by atoms with Crippen LogP contribution in [-0.2, 0) is 6.18 Å². The zero-order chi connectivity index (χ0) is 15.6. The first-order chi connectivity index (χ1) is 9.86. The maximum absolute atomic E-state index is 13.1. The van der Waals surface area contributed by atoms with E-state index in [1.807, 2.05) is 0 Å². The van der Waals surface area contributed by atoms with Gasteiger partial charge in [-0.15, -0.1) is 0 Å². The standard InChI is InChI=1S/C15H11F5O/c1-21-12-8-4-6-10(14(16)17)13(12)9-5-2-3-7-11(9)15(18,19)20/h2-8,14H,1H3. The highest BCUT2D eigenvalue weighted by Gasteiger charge is 2.35. The fourth-order valence-electron chi connectivity index (χ4n) is 2.14. The van der Waals surface area contributed by atoms with Crippen molar-refractivity contribution in [1.29, 1.82) is 0 Å². The zero-order valence-electron chi connectivity index (χ0n) is 10.9. The molecule has 0 aliphatic rings. The van der Waals surface area contributed by atoms with Gasteiger partial charge in [0.15, 0.2) is 0 Å². The van der Waals surface area contributed by atoms with Crippen molar-refractivity contribution in [2.24, 2.45) is 0 Å². The third kappa shape index (κ3) is 2.99. The topological polar surface area (TPSA) is 9.23 Å². The van der Waals surface area contributed by atoms with Crippen LogP contribution in [0.2, 0.25) is 0 Å². The van der Waals surface area contributed by atoms with Crippen LogP contribution in [0.25, 0.3) is 11.1 Å². The van der Waals surface area contributed by atoms with Crippen LogP contribution in [0.4, 0.5) is 22.0 Å². The first-order valence-corrected chi connectivity index (χ1v) is 5.98. The Morgan fingerprint density at radius 1 is 0.952 bits per heavy atom. The van der Waals surface area contributed by atoms with Crippen molar-refractivity contribution in [3.05, 3.63) is 53.6 Å². The number of alkyl halides is 5. The Kier molecular flexibility index (Phi) is 4.16. The molecule has 0 atom stereocenters. The summed E-state index contributed by atoms with van der Waals surface area (Å²) in [7, 11) is 1.23. The van der Waals surface area contributed by atoms with Crippen LogP contribution in [0.1, 0.15) is 17.6 Å². The highest BCUT2D eigenvalue weighted by atomic mass is 19.4. The third-order valence-corrected chi connectivity index (χ3v) is 3.02. The highest BCUT2D eigenvalue weighted by molar-refractivity contribution is 5.77. The van der Waals surface area contributed by atoms with E-state index in [9.17, 15) is 22.0 Å². The number of hydrogen-bond donors (Lipinski definition) is 0. The molecule has 0 fully saturated rings. The number of methoxy groups -OCH3 is 1. The van der Waals surface area contributed by atoms with Crippen LogP contribution in [0.15, 0.2) is 42.5 Å². The summed E-state index contributed by atoms with van der Waals surface area (Å²) < 4.78 is 70.4. The second-order valence-corrected chi connectivity index (χ2v) is 4.27. The van der Waals surface area contributed by atoms with E-state index in [0.29, 0.717) is 0 Å². The van der Waals surface area contributed by atoms with Gasteiger partial charge in [-0.3, -0.25) is 0 Å². The van der Waals surface area contributed by atoms with Crippen molar-refractivity contribution in [2.45, 2.75) is 12.6 Å². The molecule has 2 rings (SSSR count). The minimum absolute atomic E-state index is 0.0236. The van der Waals surface area contributed by atoms with Crippen LogP contribution < -0.4 is 4.74 Å². The highest BCUT2D eigenvalue weighted by Crippen LogP contribution is 2.44. The van der Waals surface area contributed by atoms with E-state index in [2.05, 4.69) is 0 Å². The number of ether oxygens (including phenoxy) is 1. The van der Waals surface area contributed by atoms with Gasteiger partial charge in [0.1, 0.15) is 5.75 Å². The molecule has 0 saturated carbocycles. The molecule has 1 nitrogen and oxygen atoms in total. The minimum atomic E-state index is -4.64. The van der Waals surface area contributed by atoms with Gasteiger partial charge in [0, 0.05) is 11.1 Å². The molecule has 21 heavy (non-hydrogen) atoms. The normalized spacial score (nSPS) is 11.8. The summed E-state index contributed by atoms with van der Waals surface area (Å²) in [5.74, 6) is -0.0236. The average molecular weight is 302 g/mol. The Morgan fingerprint density at radius 2 is 1.62 bits per heavy atom. The maximum Gasteiger partial charge on any atom is 0.417 e. The Balaban J connectivity index is 2.79. The van der Waals surface area contributed by atoms with E-state index < -0.39 is 23.7 Å². The first-order valence-electron chi connectivity index (χ1n) is 5.98. The van der Waals surface area contributed by atoms with Gasteiger partial charge in [-0.1, -0.05) is 30.3 Å². The van der Waals surface area contributed by atoms with Crippen molar-refractivity contribution in [2.75, 3.05) is 7.11 Å². The molecule has 0 saturated heterocycles. The van der Waals surface area contributed by atoms with Gasteiger partial charge >= 0.3 is 6.18 Å². The van der Waals surface area contributed by atoms with Gasteiger partial charge in [0.05, 0.1) is 12.7 Å². The smallest absolute Gasteiger partial charge is 0.417 e. The summed E-state index contributed by atoms with van der Waals surface area (Å²) >= 11 is 0. The largest absolute Gasteiger partial charge is 0.496 e. The summed E-state index contributed by atoms with van der Waals surface area (Å²) in [6, 6.07) is 8.36. The number of hydrogen-bond acceptors (Lipinski definition) is 1. The molecule has 0 aromatic heterocycles. The Bertz CT molecular complexity index is 634. The second kappa shape index (κ2) is 5.71. The molecule has 0 radical (unpaired) electrons. The lowest BCUT2D eigenvalue weighted by Gasteiger charge is -2.18. The van der Waals surface area contributed by atoms with Crippen LogP contribution in [0.5, 0.6) is 5.75 Å². The van der Waals surface area contributed by atoms with Gasteiger partial charge in [0.25, 0.3) is 6.43 Å². The molecule has 0 N–H and O–H groups in total. The average Bonchev–Trinajstić information content (AvgIpc) is 2.45. The van der Waals surface area contributed by atoms with Gasteiger partial charge in [-0.2, -0.15) is 13.2 Å². The summed E-state index contributed by atoms with van der Waals surface area (Å²) in [5.41, 5.74) is -2.02. The van der Waals surface area contributed by atoms with E-state index in [-0.39, 0.29) is 16.9 Å². The van der Waals surface area contributed by atoms with Crippen molar-refractivity contribution in [3.8, 4) is 16.9 Å². The summed E-state index contributed by atoms with van der Waals surface area (Å²) in [4.78, 5) is 0. The molecule has 112 valence electrons. The van der Waals surface area contributed by atoms with E-state index in [0.717, 1.165) is 18.2 Å². The summed E-state index contributed by atoms with van der Waals surface area (Å²) in [6.07, 6.45) is -7.55. The Morgan fingerprint density at radius 3 is 2.19 bits per heavy atom. The van der Waals surface area contributed by atoms with Gasteiger partial charge in [-0.05, 0) is 17.7 Å². The van der Waals surface area contributed by atoms with Crippen molar-refractivity contribution in [3.63, 3.8) is 0 Å². The zero-order valence-corrected chi connectivity index (χ0v) is 10.9. The molecule has 0 bridgehead atoms. The van der Waals surface area contributed by atoms with Gasteiger partial charge in [0.2, 0.25) is 0 Å². The molecule has 0 unspecified atom stereocenters. The number of halogens is 5. The molecule has 0 amide bonds. The van der Waals surface area contributed by atoms with Crippen molar-refractivity contribution in [1.82, 2.24) is 0 Å². The SMILES string of the molecule is COc1cccc(C(F)F)c1-c1ccccc1C(F)(F)F. The minimum Gasteiger partial charge on any atom is -0.496 e. The third-order valence-electron chi connectivity index (χ3n) is 3.02. The quantitative estimate of drug-likeness (QED) is 0.697. The lowest BCUT2D eigenvalue weighted by molar-refractivity contribution is -0.137. The summed E-state index contributed by atoms with van der Waals surface area (Å²) in [5, 5.41) is 0.